The predicted octanol–water partition coefficient (Wildman–Crippen LogP) is 1.24. The Labute approximate surface area is 99.3 Å². The minimum Gasteiger partial charge on any atom is -0.346 e. The molecule has 1 N–H and O–H groups in total. The largest absolute Gasteiger partial charge is 0.346 e. The molecule has 0 aromatic rings. The Kier molecular flexibility index (Phi) is 19.6. The topological polar surface area (TPSA) is 37.3 Å². The van der Waals surface area contributed by atoms with E-state index in [1.54, 1.807) is 0 Å². The van der Waals surface area contributed by atoms with Crippen LogP contribution in [-0.4, -0.2) is 27.9 Å². The van der Waals surface area contributed by atoms with Crippen LogP contribution >= 0.6 is 8.03 Å². The molecular formula is C7H20AlO2PZn. The molecule has 0 saturated heterocycles. The van der Waals surface area contributed by atoms with Gasteiger partial charge in [-0.15, -0.1) is 0 Å². The maximum Gasteiger partial charge on any atom is 0.191 e. The molecule has 0 aliphatic rings. The summed E-state index contributed by atoms with van der Waals surface area (Å²) in [5.74, 6) is 0. The molecule has 0 heterocycles. The predicted molar refractivity (Wildman–Crippen MR) is 54.8 cm³/mol. The zero-order valence-electron chi connectivity index (χ0n) is 7.47. The zero-order chi connectivity index (χ0) is 7.98. The molecule has 0 bridgehead atoms. The Bertz CT molecular complexity index is 114. The van der Waals surface area contributed by atoms with Gasteiger partial charge in [0.15, 0.2) is 25.4 Å². The standard InChI is InChI=1S/C7H17O2P.Al.Zn.3H/c1-3-4-5-6-7(2)10(8)9;;;;;/h7,10H,3-6H2,1-2H3,(H,8,9);;;;;. The van der Waals surface area contributed by atoms with Crippen LogP contribution in [0.5, 0.6) is 0 Å². The van der Waals surface area contributed by atoms with Crippen molar-refractivity contribution in [1.29, 1.82) is 0 Å². The molecule has 0 radical (unpaired) electrons. The van der Waals surface area contributed by atoms with E-state index in [1.807, 2.05) is 6.92 Å². The molecule has 0 fully saturated rings. The first-order valence-corrected chi connectivity index (χ1v) is 5.34. The molecule has 0 amide bonds. The van der Waals surface area contributed by atoms with Gasteiger partial charge in [0.2, 0.25) is 0 Å². The van der Waals surface area contributed by atoms with Crippen LogP contribution in [0.1, 0.15) is 39.5 Å². The van der Waals surface area contributed by atoms with Crippen molar-refractivity contribution >= 4 is 25.4 Å². The van der Waals surface area contributed by atoms with E-state index in [2.05, 4.69) is 6.92 Å². The second kappa shape index (κ2) is 12.3. The molecule has 2 atom stereocenters. The van der Waals surface area contributed by atoms with Crippen LogP contribution in [0.3, 0.4) is 0 Å². The molecule has 0 rings (SSSR count). The van der Waals surface area contributed by atoms with Crippen molar-refractivity contribution in [3.05, 3.63) is 0 Å². The molecule has 0 aliphatic carbocycles. The molecule has 0 spiro atoms. The van der Waals surface area contributed by atoms with Crippen molar-refractivity contribution < 1.29 is 28.9 Å². The van der Waals surface area contributed by atoms with Crippen LogP contribution in [0, 0.1) is 0 Å². The number of rotatable bonds is 5. The second-order valence-corrected chi connectivity index (χ2v) is 4.40. The third-order valence-electron chi connectivity index (χ3n) is 1.66. The Morgan fingerprint density at radius 1 is 1.42 bits per heavy atom. The van der Waals surface area contributed by atoms with Crippen molar-refractivity contribution in [2.75, 3.05) is 0 Å². The van der Waals surface area contributed by atoms with Gasteiger partial charge in [-0.25, -0.2) is 0 Å². The molecule has 2 nitrogen and oxygen atoms in total. The molecule has 0 saturated carbocycles. The van der Waals surface area contributed by atoms with Crippen molar-refractivity contribution in [2.45, 2.75) is 45.2 Å². The zero-order valence-corrected chi connectivity index (χ0v) is 11.4. The first-order valence-electron chi connectivity index (χ1n) is 3.91. The van der Waals surface area contributed by atoms with Gasteiger partial charge in [0.25, 0.3) is 0 Å². The summed E-state index contributed by atoms with van der Waals surface area (Å²) in [7, 11) is -2.24. The molecule has 2 unspecified atom stereocenters. The average Bonchev–Trinajstić information content (AvgIpc) is 1.88. The van der Waals surface area contributed by atoms with Crippen molar-refractivity contribution in [3.63, 3.8) is 0 Å². The summed E-state index contributed by atoms with van der Waals surface area (Å²) in [5, 5.41) is 0. The van der Waals surface area contributed by atoms with Gasteiger partial charge in [-0.1, -0.05) is 33.1 Å². The molecule has 70 valence electrons. The maximum absolute atomic E-state index is 10.5. The van der Waals surface area contributed by atoms with E-state index in [4.69, 9.17) is 4.89 Å². The van der Waals surface area contributed by atoms with E-state index in [0.717, 1.165) is 12.8 Å². The van der Waals surface area contributed by atoms with Gasteiger partial charge in [-0.2, -0.15) is 0 Å². The summed E-state index contributed by atoms with van der Waals surface area (Å²) in [6.45, 7) is 3.98. The minimum absolute atomic E-state index is 0. The summed E-state index contributed by atoms with van der Waals surface area (Å²) < 4.78 is 10.5. The Hall–Kier alpha value is 1.35. The Morgan fingerprint density at radius 2 is 1.92 bits per heavy atom. The fraction of sp³-hybridized carbons (Fsp3) is 1.00. The van der Waals surface area contributed by atoms with Gasteiger partial charge >= 0.3 is 0 Å². The van der Waals surface area contributed by atoms with Crippen LogP contribution < -0.4 is 0 Å². The Balaban J connectivity index is -0.000000405. The van der Waals surface area contributed by atoms with Gasteiger partial charge in [0, 0.05) is 25.1 Å². The summed E-state index contributed by atoms with van der Waals surface area (Å²) in [6, 6.07) is 0. The van der Waals surface area contributed by atoms with E-state index in [0.29, 0.717) is 0 Å². The van der Waals surface area contributed by atoms with Crippen molar-refractivity contribution in [2.24, 2.45) is 0 Å². The molecular weight excluding hydrogens is 239 g/mol. The number of hydrogen-bond donors (Lipinski definition) is 1. The third kappa shape index (κ3) is 11.3. The monoisotopic (exact) mass is 258 g/mol. The molecule has 0 aromatic heterocycles. The van der Waals surface area contributed by atoms with Crippen LogP contribution in [0.2, 0.25) is 0 Å². The smallest absolute Gasteiger partial charge is 0.191 e. The summed E-state index contributed by atoms with van der Waals surface area (Å²) in [5.41, 5.74) is 0.0246. The number of hydrogen-bond acceptors (Lipinski definition) is 1. The second-order valence-electron chi connectivity index (χ2n) is 2.74. The van der Waals surface area contributed by atoms with Crippen LogP contribution in [0.15, 0.2) is 0 Å². The molecule has 5 heteroatoms. The minimum atomic E-state index is -2.24. The normalized spacial score (nSPS) is 13.9. The van der Waals surface area contributed by atoms with Gasteiger partial charge in [-0.05, 0) is 6.42 Å². The van der Waals surface area contributed by atoms with Crippen LogP contribution in [0.25, 0.3) is 0 Å². The van der Waals surface area contributed by atoms with Gasteiger partial charge in [0.1, 0.15) is 0 Å². The SMILES string of the molecule is CCCCCC(C)[PH](=O)O.[AlH3].[Zn]. The van der Waals surface area contributed by atoms with Gasteiger partial charge in [-0.3, -0.25) is 4.57 Å². The van der Waals surface area contributed by atoms with Crippen molar-refractivity contribution in [3.8, 4) is 0 Å². The molecule has 0 aromatic carbocycles. The van der Waals surface area contributed by atoms with E-state index >= 15 is 0 Å². The van der Waals surface area contributed by atoms with E-state index in [1.165, 1.54) is 12.8 Å². The van der Waals surface area contributed by atoms with E-state index in [-0.39, 0.29) is 42.5 Å². The van der Waals surface area contributed by atoms with Gasteiger partial charge < -0.3 is 4.89 Å². The fourth-order valence-corrected chi connectivity index (χ4v) is 1.28. The number of unbranched alkanes of at least 4 members (excludes halogenated alkanes) is 2. The van der Waals surface area contributed by atoms with Crippen LogP contribution in [0.4, 0.5) is 0 Å². The van der Waals surface area contributed by atoms with Crippen LogP contribution in [-0.2, 0) is 24.0 Å². The maximum atomic E-state index is 10.5. The summed E-state index contributed by atoms with van der Waals surface area (Å²) >= 11 is 0. The van der Waals surface area contributed by atoms with E-state index in [9.17, 15) is 4.57 Å². The first-order chi connectivity index (χ1) is 4.68. The summed E-state index contributed by atoms with van der Waals surface area (Å²) in [4.78, 5) is 8.67. The Morgan fingerprint density at radius 3 is 2.25 bits per heavy atom. The quantitative estimate of drug-likeness (QED) is 0.458. The fourth-order valence-electron chi connectivity index (χ4n) is 0.824. The third-order valence-corrected chi connectivity index (χ3v) is 2.79. The first kappa shape index (κ1) is 19.0. The average molecular weight is 260 g/mol. The van der Waals surface area contributed by atoms with Gasteiger partial charge in [0.05, 0.1) is 0 Å². The molecule has 12 heavy (non-hydrogen) atoms. The van der Waals surface area contributed by atoms with Crippen molar-refractivity contribution in [1.82, 2.24) is 0 Å². The van der Waals surface area contributed by atoms with E-state index < -0.39 is 8.03 Å². The molecule has 0 aliphatic heterocycles. The summed E-state index contributed by atoms with van der Waals surface area (Å²) in [6.07, 6.45) is 4.36.